The van der Waals surface area contributed by atoms with E-state index in [0.717, 1.165) is 0 Å². The summed E-state index contributed by atoms with van der Waals surface area (Å²) in [5.74, 6) is 0.708. The van der Waals surface area contributed by atoms with E-state index in [4.69, 9.17) is 0 Å². The van der Waals surface area contributed by atoms with E-state index >= 15 is 0 Å². The Bertz CT molecular complexity index is 133. The Morgan fingerprint density at radius 3 is 2.00 bits per heavy atom. The van der Waals surface area contributed by atoms with E-state index in [-0.39, 0.29) is 0 Å². The quantitative estimate of drug-likeness (QED) is 0.536. The van der Waals surface area contributed by atoms with Crippen LogP contribution in [0.4, 0.5) is 0 Å². The van der Waals surface area contributed by atoms with Gasteiger partial charge in [-0.2, -0.15) is 0 Å². The van der Waals surface area contributed by atoms with Gasteiger partial charge in [-0.05, 0) is 24.7 Å². The van der Waals surface area contributed by atoms with E-state index in [9.17, 15) is 0 Å². The van der Waals surface area contributed by atoms with Gasteiger partial charge in [-0.1, -0.05) is 46.3 Å². The van der Waals surface area contributed by atoms with Crippen molar-refractivity contribution in [3.63, 3.8) is 0 Å². The Kier molecular flexibility index (Phi) is 3.85. The maximum atomic E-state index is 4.07. The van der Waals surface area contributed by atoms with Crippen molar-refractivity contribution >= 4 is 0 Å². The largest absolute Gasteiger partial charge is 0.0996 e. The summed E-state index contributed by atoms with van der Waals surface area (Å²) >= 11 is 0. The van der Waals surface area contributed by atoms with Crippen molar-refractivity contribution in [3.8, 4) is 0 Å². The summed E-state index contributed by atoms with van der Waals surface area (Å²) in [7, 11) is 0. The molecule has 0 aromatic heterocycles. The first-order chi connectivity index (χ1) is 4.95. The molecule has 0 nitrogen and oxygen atoms in total. The predicted molar refractivity (Wildman–Crippen MR) is 52.7 cm³/mol. The third kappa shape index (κ3) is 2.36. The highest BCUT2D eigenvalue weighted by atomic mass is 14.3. The lowest BCUT2D eigenvalue weighted by molar-refractivity contribution is 0.253. The van der Waals surface area contributed by atoms with E-state index in [0.29, 0.717) is 11.3 Å². The zero-order valence-corrected chi connectivity index (χ0v) is 8.70. The summed E-state index contributed by atoms with van der Waals surface area (Å²) in [5.41, 5.74) is 1.68. The van der Waals surface area contributed by atoms with Crippen molar-refractivity contribution in [3.05, 3.63) is 12.2 Å². The minimum Gasteiger partial charge on any atom is -0.0996 e. The Labute approximate surface area is 71.7 Å². The zero-order valence-electron chi connectivity index (χ0n) is 8.70. The molecule has 0 rings (SSSR count). The summed E-state index contributed by atoms with van der Waals surface area (Å²) in [4.78, 5) is 0. The van der Waals surface area contributed by atoms with Gasteiger partial charge in [0, 0.05) is 0 Å². The van der Waals surface area contributed by atoms with E-state index < -0.39 is 0 Å². The van der Waals surface area contributed by atoms with E-state index in [1.54, 1.807) is 0 Å². The van der Waals surface area contributed by atoms with Gasteiger partial charge in [-0.3, -0.25) is 0 Å². The van der Waals surface area contributed by atoms with Crippen LogP contribution in [-0.4, -0.2) is 0 Å². The summed E-state index contributed by atoms with van der Waals surface area (Å²) in [5, 5.41) is 0. The zero-order chi connectivity index (χ0) is 9.07. The molecule has 0 aliphatic heterocycles. The van der Waals surface area contributed by atoms with Crippen molar-refractivity contribution in [2.24, 2.45) is 11.3 Å². The molecule has 0 heterocycles. The predicted octanol–water partition coefficient (Wildman–Crippen LogP) is 4.02. The summed E-state index contributed by atoms with van der Waals surface area (Å²) in [6, 6.07) is 0. The molecular formula is C11H22. The number of rotatable bonds is 4. The maximum Gasteiger partial charge on any atom is -0.00989 e. The van der Waals surface area contributed by atoms with Crippen LogP contribution < -0.4 is 0 Å². The van der Waals surface area contributed by atoms with Gasteiger partial charge in [-0.25, -0.2) is 0 Å². The number of allylic oxidation sites excluding steroid dienone is 1. The molecule has 0 amide bonds. The summed E-state index contributed by atoms with van der Waals surface area (Å²) < 4.78 is 0. The molecule has 0 radical (unpaired) electrons. The standard InChI is InChI=1S/C11H22/c1-7-8-11(6,9(2)3)10(4)5/h10H,2,7-8H2,1,3-6H3. The van der Waals surface area contributed by atoms with E-state index in [1.807, 2.05) is 0 Å². The first kappa shape index (κ1) is 10.7. The van der Waals surface area contributed by atoms with Gasteiger partial charge in [0.05, 0.1) is 0 Å². The SMILES string of the molecule is C=C(C)C(C)(CCC)C(C)C. The van der Waals surface area contributed by atoms with E-state index in [1.165, 1.54) is 18.4 Å². The van der Waals surface area contributed by atoms with Gasteiger partial charge >= 0.3 is 0 Å². The third-order valence-electron chi connectivity index (χ3n) is 3.02. The lowest BCUT2D eigenvalue weighted by Gasteiger charge is -2.34. The Morgan fingerprint density at radius 1 is 1.45 bits per heavy atom. The molecule has 0 bridgehead atoms. The Morgan fingerprint density at radius 2 is 1.91 bits per heavy atom. The second kappa shape index (κ2) is 3.94. The highest BCUT2D eigenvalue weighted by molar-refractivity contribution is 5.06. The molecule has 1 unspecified atom stereocenters. The Hall–Kier alpha value is -0.260. The highest BCUT2D eigenvalue weighted by Gasteiger charge is 2.27. The van der Waals surface area contributed by atoms with Crippen LogP contribution in [0.15, 0.2) is 12.2 Å². The number of hydrogen-bond donors (Lipinski definition) is 0. The van der Waals surface area contributed by atoms with Gasteiger partial charge < -0.3 is 0 Å². The molecule has 0 saturated carbocycles. The number of hydrogen-bond acceptors (Lipinski definition) is 0. The summed E-state index contributed by atoms with van der Waals surface area (Å²) in [6.45, 7) is 15.3. The van der Waals surface area contributed by atoms with Gasteiger partial charge in [0.2, 0.25) is 0 Å². The monoisotopic (exact) mass is 154 g/mol. The second-order valence-corrected chi connectivity index (χ2v) is 4.10. The van der Waals surface area contributed by atoms with Gasteiger partial charge in [-0.15, -0.1) is 0 Å². The highest BCUT2D eigenvalue weighted by Crippen LogP contribution is 2.38. The topological polar surface area (TPSA) is 0 Å². The van der Waals surface area contributed by atoms with Crippen LogP contribution in [0.3, 0.4) is 0 Å². The van der Waals surface area contributed by atoms with Crippen molar-refractivity contribution in [1.29, 1.82) is 0 Å². The van der Waals surface area contributed by atoms with Crippen molar-refractivity contribution < 1.29 is 0 Å². The molecule has 0 fully saturated rings. The second-order valence-electron chi connectivity index (χ2n) is 4.10. The molecule has 0 N–H and O–H groups in total. The van der Waals surface area contributed by atoms with Gasteiger partial charge in [0.1, 0.15) is 0 Å². The molecule has 0 spiro atoms. The van der Waals surface area contributed by atoms with Gasteiger partial charge in [0.25, 0.3) is 0 Å². The molecular weight excluding hydrogens is 132 g/mol. The van der Waals surface area contributed by atoms with Crippen LogP contribution >= 0.6 is 0 Å². The molecule has 0 aliphatic carbocycles. The fourth-order valence-corrected chi connectivity index (χ4v) is 1.51. The van der Waals surface area contributed by atoms with Gasteiger partial charge in [0.15, 0.2) is 0 Å². The lowest BCUT2D eigenvalue weighted by atomic mass is 9.71. The van der Waals surface area contributed by atoms with Crippen LogP contribution in [0.25, 0.3) is 0 Å². The first-order valence-corrected chi connectivity index (χ1v) is 4.61. The minimum atomic E-state index is 0.356. The molecule has 1 atom stereocenters. The van der Waals surface area contributed by atoms with Crippen LogP contribution in [0.2, 0.25) is 0 Å². The fraction of sp³-hybridized carbons (Fsp3) is 0.818. The smallest absolute Gasteiger partial charge is 0.00989 e. The minimum absolute atomic E-state index is 0.356. The van der Waals surface area contributed by atoms with Crippen LogP contribution in [0.5, 0.6) is 0 Å². The molecule has 66 valence electrons. The average molecular weight is 154 g/mol. The summed E-state index contributed by atoms with van der Waals surface area (Å²) in [6.07, 6.45) is 2.52. The van der Waals surface area contributed by atoms with Crippen molar-refractivity contribution in [2.75, 3.05) is 0 Å². The molecule has 11 heavy (non-hydrogen) atoms. The molecule has 0 aromatic rings. The average Bonchev–Trinajstić information content (AvgIpc) is 1.87. The van der Waals surface area contributed by atoms with Crippen molar-refractivity contribution in [2.45, 2.75) is 47.5 Å². The van der Waals surface area contributed by atoms with Crippen LogP contribution in [0, 0.1) is 11.3 Å². The Balaban J connectivity index is 4.38. The maximum absolute atomic E-state index is 4.07. The molecule has 0 aromatic carbocycles. The van der Waals surface area contributed by atoms with Crippen molar-refractivity contribution in [1.82, 2.24) is 0 Å². The first-order valence-electron chi connectivity index (χ1n) is 4.61. The molecule has 0 aliphatic rings. The fourth-order valence-electron chi connectivity index (χ4n) is 1.51. The lowest BCUT2D eigenvalue weighted by Crippen LogP contribution is -2.24. The third-order valence-corrected chi connectivity index (χ3v) is 3.02. The molecule has 0 saturated heterocycles. The normalized spacial score (nSPS) is 16.5. The van der Waals surface area contributed by atoms with Crippen LogP contribution in [0.1, 0.15) is 47.5 Å². The van der Waals surface area contributed by atoms with E-state index in [2.05, 4.69) is 41.2 Å². The van der Waals surface area contributed by atoms with Crippen LogP contribution in [-0.2, 0) is 0 Å². The molecule has 0 heteroatoms.